The Balaban J connectivity index is 0.000000234. The molecule has 10 aromatic rings. The van der Waals surface area contributed by atoms with Gasteiger partial charge in [-0.2, -0.15) is 0 Å². The second-order valence-corrected chi connectivity index (χ2v) is 39.1. The highest BCUT2D eigenvalue weighted by Gasteiger charge is 2.46. The van der Waals surface area contributed by atoms with Gasteiger partial charge in [0.2, 0.25) is 23.6 Å². The lowest BCUT2D eigenvalue weighted by atomic mass is 9.76. The number of ketones is 3. The lowest BCUT2D eigenvalue weighted by Crippen LogP contribution is -2.57. The van der Waals surface area contributed by atoms with E-state index in [0.717, 1.165) is 140 Å². The quantitative estimate of drug-likeness (QED) is 0.0130. The number of allylic oxidation sites excluding steroid dienone is 2. The van der Waals surface area contributed by atoms with Gasteiger partial charge in [0.25, 0.3) is 0 Å². The van der Waals surface area contributed by atoms with E-state index in [4.69, 9.17) is 14.6 Å². The van der Waals surface area contributed by atoms with Crippen LogP contribution in [0.2, 0.25) is 0 Å². The van der Waals surface area contributed by atoms with Crippen molar-refractivity contribution >= 4 is 91.9 Å². The molecule has 0 spiro atoms. The summed E-state index contributed by atoms with van der Waals surface area (Å²) in [6, 6.07) is 65.4. The third kappa shape index (κ3) is 32.0. The fraction of sp³-hybridized carbons (Fsp3) is 0.411. The minimum Gasteiger partial charge on any atom is -0.508 e. The van der Waals surface area contributed by atoms with Gasteiger partial charge >= 0.3 is 5.97 Å². The van der Waals surface area contributed by atoms with E-state index in [1.165, 1.54) is 32.1 Å². The van der Waals surface area contributed by atoms with E-state index in [9.17, 15) is 58.8 Å². The van der Waals surface area contributed by atoms with Crippen molar-refractivity contribution in [1.29, 1.82) is 0 Å². The maximum atomic E-state index is 14.0. The number of Topliss-reactive ketones (excluding diaryl/α,β-unsaturated/α-hetero) is 3. The molecule has 2 aromatic heterocycles. The molecule has 8 aromatic carbocycles. The SMILES string of the molecule is CCC(=C(c1ccc(O)cc1)c1ccc(OCCCC(=O)CCCCCCC(=O)N[C@H](C(=O)N2C[C@H](O)C[C@H]2C(=O)NCc2ccc(-c3scnc3C)cc2)C(C)(C)C)cc1)c1ccccc1.CCC(=C(c1ccc(O)cc1)c1ccc(OCCNC)cc1)c1ccccc1.Cc1ncsc1-c1ccc(CCC(=O)[C@@H]2C[C@@H](O)CN2C(=O)[C@@H](CC(=O)CCCCCCC(=O)O)C(C)(C)C)cc1. The number of aliphatic hydroxyl groups excluding tert-OH is 2. The predicted molar refractivity (Wildman–Crippen MR) is 543 cm³/mol. The van der Waals surface area contributed by atoms with Crippen molar-refractivity contribution in [1.82, 2.24) is 35.7 Å². The number of benzene rings is 8. The Morgan fingerprint density at radius 3 is 1.34 bits per heavy atom. The highest BCUT2D eigenvalue weighted by Crippen LogP contribution is 2.41. The van der Waals surface area contributed by atoms with Crippen molar-refractivity contribution in [2.45, 2.75) is 241 Å². The summed E-state index contributed by atoms with van der Waals surface area (Å²) in [5.41, 5.74) is 20.0. The first-order chi connectivity index (χ1) is 65.3. The number of ether oxygens (including phenoxy) is 2. The number of aryl methyl sites for hydroxylation is 3. The second kappa shape index (κ2) is 52.9. The molecular formula is C112H137N7O15S2. The number of likely N-dealkylation sites (tertiary alicyclic amines) is 2. The average molecular weight is 1890 g/mol. The number of thiazole rings is 2. The molecule has 2 saturated heterocycles. The first kappa shape index (κ1) is 106. The molecule has 4 amide bonds. The third-order valence-electron chi connectivity index (χ3n) is 24.9. The van der Waals surface area contributed by atoms with Crippen LogP contribution < -0.4 is 25.4 Å². The third-order valence-corrected chi connectivity index (χ3v) is 26.8. The molecule has 722 valence electrons. The highest BCUT2D eigenvalue weighted by molar-refractivity contribution is 7.13. The average Bonchev–Trinajstić information content (AvgIpc) is 1.45. The van der Waals surface area contributed by atoms with E-state index in [-0.39, 0.29) is 111 Å². The number of likely N-dealkylation sites (N-methyl/N-ethyl adjacent to an activating group) is 1. The molecular weight excluding hydrogens is 1750 g/mol. The number of nitrogens with one attached hydrogen (secondary N) is 3. The summed E-state index contributed by atoms with van der Waals surface area (Å²) in [4.78, 5) is 118. The number of carbonyl (C=O) groups excluding carboxylic acids is 7. The first-order valence-corrected chi connectivity index (χ1v) is 49.6. The van der Waals surface area contributed by atoms with Crippen molar-refractivity contribution in [3.05, 3.63) is 273 Å². The minimum absolute atomic E-state index is 0.00361. The number of amides is 4. The molecule has 8 N–H and O–H groups in total. The van der Waals surface area contributed by atoms with Crippen LogP contribution in [0.1, 0.15) is 240 Å². The number of β-amino-alcohol motifs (C(OH)–C–C–N with tert-alkyl or cyclic N) is 2. The van der Waals surface area contributed by atoms with E-state index in [1.807, 2.05) is 195 Å². The maximum Gasteiger partial charge on any atom is 0.303 e. The number of rotatable bonds is 45. The van der Waals surface area contributed by atoms with Crippen LogP contribution in [0.5, 0.6) is 23.0 Å². The van der Waals surface area contributed by atoms with Crippen LogP contribution in [0.4, 0.5) is 0 Å². The smallest absolute Gasteiger partial charge is 0.303 e. The van der Waals surface area contributed by atoms with Crippen molar-refractivity contribution in [3.63, 3.8) is 0 Å². The Morgan fingerprint density at radius 2 is 0.897 bits per heavy atom. The zero-order valence-corrected chi connectivity index (χ0v) is 82.4. The summed E-state index contributed by atoms with van der Waals surface area (Å²) in [5, 5.41) is 58.4. The van der Waals surface area contributed by atoms with Crippen LogP contribution >= 0.6 is 22.7 Å². The molecule has 6 atom stereocenters. The summed E-state index contributed by atoms with van der Waals surface area (Å²) < 4.78 is 11.8. The highest BCUT2D eigenvalue weighted by atomic mass is 32.1. The lowest BCUT2D eigenvalue weighted by molar-refractivity contribution is -0.146. The molecule has 4 heterocycles. The summed E-state index contributed by atoms with van der Waals surface area (Å²) >= 11 is 3.17. The Hall–Kier alpha value is -12.1. The summed E-state index contributed by atoms with van der Waals surface area (Å²) in [7, 11) is 1.91. The molecule has 22 nitrogen and oxygen atoms in total. The Morgan fingerprint density at radius 1 is 0.471 bits per heavy atom. The number of phenolic OH excluding ortho intramolecular Hbond substituents is 2. The Kier molecular flexibility index (Phi) is 41.2. The summed E-state index contributed by atoms with van der Waals surface area (Å²) in [6.45, 7) is 21.9. The maximum absolute atomic E-state index is 14.0. The number of aliphatic carboxylic acids is 1. The van der Waals surface area contributed by atoms with Crippen molar-refractivity contribution in [2.75, 3.05) is 39.9 Å². The number of hydrogen-bond acceptors (Lipinski definition) is 19. The molecule has 0 radical (unpaired) electrons. The number of unbranched alkanes of at least 4 members (excludes halogenated alkanes) is 6. The number of phenols is 2. The van der Waals surface area contributed by atoms with Gasteiger partial charge in [-0.25, -0.2) is 9.97 Å². The van der Waals surface area contributed by atoms with Crippen molar-refractivity contribution in [2.24, 2.45) is 16.7 Å². The lowest BCUT2D eigenvalue weighted by Gasteiger charge is -2.35. The summed E-state index contributed by atoms with van der Waals surface area (Å²) in [6.07, 6.45) is 9.34. The fourth-order valence-corrected chi connectivity index (χ4v) is 18.9. The minimum atomic E-state index is -0.884. The van der Waals surface area contributed by atoms with Gasteiger partial charge in [-0.3, -0.25) is 38.4 Å². The van der Waals surface area contributed by atoms with Crippen LogP contribution in [0, 0.1) is 30.6 Å². The van der Waals surface area contributed by atoms with Crippen molar-refractivity contribution in [3.8, 4) is 43.9 Å². The van der Waals surface area contributed by atoms with Gasteiger partial charge in [-0.1, -0.05) is 239 Å². The second-order valence-electron chi connectivity index (χ2n) is 37.4. The molecule has 0 aliphatic carbocycles. The van der Waals surface area contributed by atoms with Crippen LogP contribution in [0.25, 0.3) is 43.2 Å². The molecule has 2 aliphatic heterocycles. The van der Waals surface area contributed by atoms with Crippen LogP contribution in [0.15, 0.2) is 217 Å². The van der Waals surface area contributed by atoms with Gasteiger partial charge < -0.3 is 60.8 Å². The van der Waals surface area contributed by atoms with Gasteiger partial charge in [-0.05, 0) is 210 Å². The monoisotopic (exact) mass is 1880 g/mol. The van der Waals surface area contributed by atoms with E-state index in [2.05, 4.69) is 100 Å². The van der Waals surface area contributed by atoms with Gasteiger partial charge in [0.15, 0.2) is 5.78 Å². The molecule has 24 heteroatoms. The number of nitrogens with zero attached hydrogens (tertiary/aromatic N) is 4. The largest absolute Gasteiger partial charge is 0.508 e. The number of hydrogen-bond donors (Lipinski definition) is 8. The molecule has 0 unspecified atom stereocenters. The van der Waals surface area contributed by atoms with Crippen molar-refractivity contribution < 1.29 is 73.4 Å². The van der Waals surface area contributed by atoms with Gasteiger partial charge in [0.1, 0.15) is 53.3 Å². The van der Waals surface area contributed by atoms with Gasteiger partial charge in [0, 0.05) is 89.9 Å². The zero-order valence-electron chi connectivity index (χ0n) is 80.8. The molecule has 0 bridgehead atoms. The van der Waals surface area contributed by atoms with Crippen LogP contribution in [-0.2, 0) is 51.3 Å². The molecule has 0 saturated carbocycles. The van der Waals surface area contributed by atoms with E-state index in [0.29, 0.717) is 64.6 Å². The molecule has 136 heavy (non-hydrogen) atoms. The van der Waals surface area contributed by atoms with E-state index >= 15 is 0 Å². The number of aromatic nitrogens is 2. The van der Waals surface area contributed by atoms with Gasteiger partial charge in [-0.15, -0.1) is 22.7 Å². The molecule has 2 fully saturated rings. The predicted octanol–water partition coefficient (Wildman–Crippen LogP) is 21.1. The van der Waals surface area contributed by atoms with E-state index in [1.54, 1.807) is 46.9 Å². The summed E-state index contributed by atoms with van der Waals surface area (Å²) in [5.74, 6) is -0.420. The van der Waals surface area contributed by atoms with E-state index < -0.39 is 53.1 Å². The number of carbonyl (C=O) groups is 8. The Labute approximate surface area is 810 Å². The molecule has 2 aliphatic rings. The first-order valence-electron chi connectivity index (χ1n) is 47.9. The molecule has 12 rings (SSSR count). The number of aromatic hydroxyl groups is 2. The number of aliphatic hydroxyl groups is 2. The Bertz CT molecular complexity index is 5570. The fourth-order valence-electron chi connectivity index (χ4n) is 17.3. The zero-order chi connectivity index (χ0) is 97.9. The van der Waals surface area contributed by atoms with Crippen LogP contribution in [0.3, 0.4) is 0 Å². The number of carboxylic acid groups (broad SMARTS) is 1. The number of carboxylic acids is 1. The van der Waals surface area contributed by atoms with Gasteiger partial charge in [0.05, 0.1) is 57.0 Å². The standard InChI is InChI=1S/C55H66N4O7S.C32H44N2O6S.C25H27NO2/c1-6-47(39-15-10-9-11-16-39)50(40-24-28-44(61)29-25-40)41-26-30-46(31-27-41)66-32-14-18-43(60)17-12-7-8-13-19-49(63)58-52(55(3,4)5)54(65)59-35-45(62)33-48(59)53(64)56-34-38-20-22-42(23-21-38)51-37(2)57-36-67-51;1-21-30(41-20-33-21)23-14-11-22(12-15-23)13-16-28(37)27-18-25(36)19-34(27)31(40)26(32(2,3)4)17-24(35)9-7-5-6-8-10-29(38)39;1-3-24(19-7-5-4-6-8-19)25(20-9-13-22(27)14-10-20)21-11-15-23(16-12-21)28-18-17-26-2/h9-11,15-16,20-31,36,45,48,52,61-62H,6-8,12-14,17-19,32-35H2,1-5H3,(H,56,64)(H,58,63);11-12,14-15,20,25-27,36H,5-10,13,16-19H2,1-4H3,(H,38,39);4-16,26-27H,3,17-18H2,1-2H3/t45-,48+,52-;25-,26-,27+;/m11./s1. The normalized spacial score (nSPS) is 15.6. The van der Waals surface area contributed by atoms with Crippen LogP contribution in [-0.4, -0.2) is 162 Å². The topological polar surface area (TPSA) is 325 Å².